The van der Waals surface area contributed by atoms with Crippen LogP contribution in [0.4, 0.5) is 0 Å². The maximum Gasteiger partial charge on any atom is 0.237 e. The lowest BCUT2D eigenvalue weighted by molar-refractivity contribution is -0.125. The molecular weight excluding hydrogens is 386 g/mol. The molecule has 0 spiro atoms. The van der Waals surface area contributed by atoms with Gasteiger partial charge in [-0.15, -0.1) is 0 Å². The third-order valence-corrected chi connectivity index (χ3v) is 6.05. The molecule has 0 aromatic heterocycles. The summed E-state index contributed by atoms with van der Waals surface area (Å²) in [6.07, 6.45) is 6.80. The largest absolute Gasteiger partial charge is 0.355 e. The first-order valence-electron chi connectivity index (χ1n) is 10.8. The molecular formula is C22H37N3O3S. The number of amides is 1. The summed E-state index contributed by atoms with van der Waals surface area (Å²) < 4.78 is 26.2. The Hall–Kier alpha value is -1.44. The van der Waals surface area contributed by atoms with E-state index in [0.29, 0.717) is 19.0 Å². The Morgan fingerprint density at radius 2 is 1.93 bits per heavy atom. The molecule has 2 rings (SSSR count). The van der Waals surface area contributed by atoms with Gasteiger partial charge in [-0.05, 0) is 56.6 Å². The highest BCUT2D eigenvalue weighted by Crippen LogP contribution is 2.19. The van der Waals surface area contributed by atoms with Crippen molar-refractivity contribution < 1.29 is 13.2 Å². The summed E-state index contributed by atoms with van der Waals surface area (Å²) in [6, 6.07) is 10.1. The molecule has 1 heterocycles. The highest BCUT2D eigenvalue weighted by atomic mass is 32.2. The summed E-state index contributed by atoms with van der Waals surface area (Å²) in [4.78, 5) is 14.8. The Kier molecular flexibility index (Phi) is 9.59. The molecule has 0 saturated carbocycles. The number of carbonyl (C=O) groups excluding carboxylic acids is 1. The summed E-state index contributed by atoms with van der Waals surface area (Å²) in [5.41, 5.74) is 1.33. The Morgan fingerprint density at radius 3 is 2.59 bits per heavy atom. The molecule has 1 aliphatic rings. The quantitative estimate of drug-likeness (QED) is 0.507. The number of rotatable bonds is 12. The van der Waals surface area contributed by atoms with Gasteiger partial charge in [-0.2, -0.15) is 0 Å². The summed E-state index contributed by atoms with van der Waals surface area (Å²) in [5, 5.41) is 3.08. The van der Waals surface area contributed by atoms with Crippen molar-refractivity contribution in [3.8, 4) is 0 Å². The minimum atomic E-state index is -3.27. The summed E-state index contributed by atoms with van der Waals surface area (Å²) in [5.74, 6) is 0.457. The number of hydrogen-bond donors (Lipinski definition) is 2. The first-order chi connectivity index (χ1) is 13.7. The minimum Gasteiger partial charge on any atom is -0.355 e. The van der Waals surface area contributed by atoms with Crippen molar-refractivity contribution in [2.75, 3.05) is 25.9 Å². The van der Waals surface area contributed by atoms with Gasteiger partial charge in [0.1, 0.15) is 0 Å². The third kappa shape index (κ3) is 9.28. The lowest BCUT2D eigenvalue weighted by Gasteiger charge is -2.29. The molecule has 7 heteroatoms. The molecule has 164 valence electrons. The number of benzene rings is 1. The minimum absolute atomic E-state index is 0.0739. The zero-order chi connectivity index (χ0) is 21.3. The van der Waals surface area contributed by atoms with Gasteiger partial charge in [0.25, 0.3) is 0 Å². The van der Waals surface area contributed by atoms with E-state index in [-0.39, 0.29) is 18.0 Å². The molecule has 6 nitrogen and oxygen atoms in total. The topological polar surface area (TPSA) is 78.5 Å². The molecule has 1 aromatic carbocycles. The van der Waals surface area contributed by atoms with Crippen LogP contribution in [-0.2, 0) is 21.2 Å². The van der Waals surface area contributed by atoms with Crippen LogP contribution in [0.25, 0.3) is 0 Å². The third-order valence-electron chi connectivity index (χ3n) is 5.29. The molecule has 1 fully saturated rings. The highest BCUT2D eigenvalue weighted by molar-refractivity contribution is 7.88. The van der Waals surface area contributed by atoms with Crippen LogP contribution in [0.1, 0.15) is 51.5 Å². The molecule has 1 saturated heterocycles. The second-order valence-corrected chi connectivity index (χ2v) is 10.4. The molecule has 1 amide bonds. The van der Waals surface area contributed by atoms with Crippen LogP contribution in [0.5, 0.6) is 0 Å². The van der Waals surface area contributed by atoms with Gasteiger partial charge in [0, 0.05) is 19.1 Å². The van der Waals surface area contributed by atoms with E-state index in [2.05, 4.69) is 53.1 Å². The van der Waals surface area contributed by atoms with Crippen molar-refractivity contribution in [2.45, 2.75) is 64.5 Å². The average molecular weight is 424 g/mol. The van der Waals surface area contributed by atoms with Gasteiger partial charge in [0.15, 0.2) is 0 Å². The Bertz CT molecular complexity index is 722. The Balaban J connectivity index is 1.78. The van der Waals surface area contributed by atoms with E-state index in [9.17, 15) is 13.2 Å². The number of aryl methyl sites for hydroxylation is 1. The molecule has 29 heavy (non-hydrogen) atoms. The predicted octanol–water partition coefficient (Wildman–Crippen LogP) is 2.55. The molecule has 2 atom stereocenters. The van der Waals surface area contributed by atoms with Crippen LogP contribution in [0.15, 0.2) is 30.3 Å². The maximum atomic E-state index is 12.7. The maximum absolute atomic E-state index is 12.7. The number of unbranched alkanes of at least 4 members (excludes halogenated alkanes) is 1. The average Bonchev–Trinajstić information content (AvgIpc) is 3.08. The summed E-state index contributed by atoms with van der Waals surface area (Å²) in [6.45, 7) is 6.28. The van der Waals surface area contributed by atoms with E-state index in [1.54, 1.807) is 0 Å². The van der Waals surface area contributed by atoms with Crippen LogP contribution in [0, 0.1) is 5.92 Å². The van der Waals surface area contributed by atoms with Gasteiger partial charge >= 0.3 is 0 Å². The van der Waals surface area contributed by atoms with Crippen molar-refractivity contribution in [2.24, 2.45) is 5.92 Å². The predicted molar refractivity (Wildman–Crippen MR) is 118 cm³/mol. The molecule has 0 bridgehead atoms. The van der Waals surface area contributed by atoms with Gasteiger partial charge in [-0.1, -0.05) is 44.2 Å². The van der Waals surface area contributed by atoms with Gasteiger partial charge < -0.3 is 5.32 Å². The van der Waals surface area contributed by atoms with Crippen LogP contribution in [-0.4, -0.2) is 57.2 Å². The van der Waals surface area contributed by atoms with Gasteiger partial charge in [-0.25, -0.2) is 13.1 Å². The summed E-state index contributed by atoms with van der Waals surface area (Å²) >= 11 is 0. The van der Waals surface area contributed by atoms with Crippen molar-refractivity contribution in [3.63, 3.8) is 0 Å². The van der Waals surface area contributed by atoms with Gasteiger partial charge in [0.2, 0.25) is 15.9 Å². The van der Waals surface area contributed by atoms with E-state index in [1.165, 1.54) is 11.8 Å². The van der Waals surface area contributed by atoms with Gasteiger partial charge in [-0.3, -0.25) is 9.69 Å². The Labute approximate surface area is 176 Å². The van der Waals surface area contributed by atoms with Crippen LogP contribution >= 0.6 is 0 Å². The van der Waals surface area contributed by atoms with E-state index in [1.807, 2.05) is 6.07 Å². The van der Waals surface area contributed by atoms with Crippen LogP contribution in [0.3, 0.4) is 0 Å². The molecule has 0 aliphatic carbocycles. The molecule has 1 aromatic rings. The molecule has 2 N–H and O–H groups in total. The van der Waals surface area contributed by atoms with Crippen LogP contribution in [0.2, 0.25) is 0 Å². The van der Waals surface area contributed by atoms with Crippen LogP contribution < -0.4 is 10.0 Å². The number of nitrogens with one attached hydrogen (secondary N) is 2. The van der Waals surface area contributed by atoms with E-state index < -0.39 is 10.0 Å². The lowest BCUT2D eigenvalue weighted by Crippen LogP contribution is -2.49. The number of carbonyl (C=O) groups is 1. The van der Waals surface area contributed by atoms with E-state index >= 15 is 0 Å². The monoisotopic (exact) mass is 423 g/mol. The molecule has 0 radical (unpaired) electrons. The first-order valence-corrected chi connectivity index (χ1v) is 12.7. The fourth-order valence-corrected chi connectivity index (χ4v) is 4.86. The molecule has 1 aliphatic heterocycles. The lowest BCUT2D eigenvalue weighted by atomic mass is 10.0. The standard InChI is InChI=1S/C22H37N3O3S/c1-18(2)16-20(24-29(3,27)28)17-25-15-9-13-21(25)22(26)23-14-8-7-12-19-10-5-4-6-11-19/h4-6,10-11,18,20-21,24H,7-9,12-17H2,1-3H3,(H,23,26)/t20?,21-/m0/s1. The number of likely N-dealkylation sites (tertiary alicyclic amines) is 1. The van der Waals surface area contributed by atoms with Crippen molar-refractivity contribution >= 4 is 15.9 Å². The number of sulfonamides is 1. The highest BCUT2D eigenvalue weighted by Gasteiger charge is 2.32. The van der Waals surface area contributed by atoms with E-state index in [0.717, 1.165) is 45.1 Å². The first kappa shape index (κ1) is 23.8. The fourth-order valence-electron chi connectivity index (χ4n) is 4.08. The second kappa shape index (κ2) is 11.7. The number of nitrogens with zero attached hydrogens (tertiary/aromatic N) is 1. The fraction of sp³-hybridized carbons (Fsp3) is 0.682. The van der Waals surface area contributed by atoms with Gasteiger partial charge in [0.05, 0.1) is 12.3 Å². The van der Waals surface area contributed by atoms with Crippen molar-refractivity contribution in [3.05, 3.63) is 35.9 Å². The smallest absolute Gasteiger partial charge is 0.237 e. The summed E-state index contributed by atoms with van der Waals surface area (Å²) in [7, 11) is -3.27. The SMILES string of the molecule is CC(C)CC(CN1CCC[C@H]1C(=O)NCCCCc1ccccc1)NS(C)(=O)=O. The second-order valence-electron chi connectivity index (χ2n) is 8.60. The van der Waals surface area contributed by atoms with Crippen molar-refractivity contribution in [1.29, 1.82) is 0 Å². The zero-order valence-electron chi connectivity index (χ0n) is 18.1. The Morgan fingerprint density at radius 1 is 1.21 bits per heavy atom. The normalized spacial score (nSPS) is 18.8. The molecule has 1 unspecified atom stereocenters. The van der Waals surface area contributed by atoms with E-state index in [4.69, 9.17) is 0 Å². The number of hydrogen-bond acceptors (Lipinski definition) is 4. The van der Waals surface area contributed by atoms with Crippen molar-refractivity contribution in [1.82, 2.24) is 14.9 Å². The zero-order valence-corrected chi connectivity index (χ0v) is 18.9.